The topological polar surface area (TPSA) is 61.5 Å². The molecule has 1 rings (SSSR count). The van der Waals surface area contributed by atoms with Crippen LogP contribution >= 0.6 is 12.4 Å². The fourth-order valence-electron chi connectivity index (χ4n) is 1.36. The average molecular weight is 278 g/mol. The first kappa shape index (κ1) is 16.7. The first-order chi connectivity index (χ1) is 8.10. The van der Waals surface area contributed by atoms with Gasteiger partial charge in [0.05, 0.1) is 19.8 Å². The van der Waals surface area contributed by atoms with Gasteiger partial charge in [-0.1, -0.05) is 12.1 Å². The number of rotatable bonds is 5. The van der Waals surface area contributed by atoms with Crippen LogP contribution in [0.5, 0.6) is 5.75 Å². The summed E-state index contributed by atoms with van der Waals surface area (Å²) in [4.78, 5) is 11.2. The van der Waals surface area contributed by atoms with E-state index in [-0.39, 0.29) is 19.0 Å². The summed E-state index contributed by atoms with van der Waals surface area (Å²) in [5, 5.41) is 0. The van der Waals surface area contributed by atoms with E-state index in [2.05, 4.69) is 4.74 Å². The minimum absolute atomic E-state index is 0. The van der Waals surface area contributed by atoms with Crippen LogP contribution in [0.4, 0.5) is 4.39 Å². The van der Waals surface area contributed by atoms with E-state index in [9.17, 15) is 9.18 Å². The van der Waals surface area contributed by atoms with Gasteiger partial charge in [0.15, 0.2) is 0 Å². The predicted molar refractivity (Wildman–Crippen MR) is 68.7 cm³/mol. The Bertz CT molecular complexity index is 372. The number of benzene rings is 1. The van der Waals surface area contributed by atoms with Gasteiger partial charge in [-0.15, -0.1) is 12.4 Å². The zero-order valence-corrected chi connectivity index (χ0v) is 11.1. The highest BCUT2D eigenvalue weighted by Crippen LogP contribution is 2.20. The highest BCUT2D eigenvalue weighted by atomic mass is 35.5. The van der Waals surface area contributed by atoms with Crippen molar-refractivity contribution in [3.05, 3.63) is 29.8 Å². The van der Waals surface area contributed by atoms with Gasteiger partial charge in [0.25, 0.3) is 0 Å². The molecule has 0 saturated carbocycles. The van der Waals surface area contributed by atoms with Gasteiger partial charge in [-0.2, -0.15) is 0 Å². The Morgan fingerprint density at radius 2 is 1.94 bits per heavy atom. The highest BCUT2D eigenvalue weighted by Gasteiger charge is 2.27. The third kappa shape index (κ3) is 4.16. The Morgan fingerprint density at radius 3 is 2.39 bits per heavy atom. The Labute approximate surface area is 112 Å². The molecular weight excluding hydrogens is 261 g/mol. The summed E-state index contributed by atoms with van der Waals surface area (Å²) in [7, 11) is 1.53. The lowest BCUT2D eigenvalue weighted by Gasteiger charge is -2.16. The molecule has 18 heavy (non-hydrogen) atoms. The van der Waals surface area contributed by atoms with E-state index in [1.54, 1.807) is 31.2 Å². The maximum atomic E-state index is 13.6. The van der Waals surface area contributed by atoms with Crippen LogP contribution in [0, 0.1) is 0 Å². The second-order valence-corrected chi connectivity index (χ2v) is 3.45. The van der Waals surface area contributed by atoms with Crippen molar-refractivity contribution in [1.29, 1.82) is 0 Å². The average Bonchev–Trinajstić information content (AvgIpc) is 2.37. The second kappa shape index (κ2) is 7.89. The summed E-state index contributed by atoms with van der Waals surface area (Å²) in [6.07, 6.45) is -1.86. The SMILES string of the molecule is CCOC(=O)C(F)[C@@H](N)c1ccc(OC)cc1.Cl. The van der Waals surface area contributed by atoms with E-state index in [1.807, 2.05) is 0 Å². The van der Waals surface area contributed by atoms with E-state index < -0.39 is 18.2 Å². The molecule has 0 aliphatic carbocycles. The summed E-state index contributed by atoms with van der Waals surface area (Å²) in [5.41, 5.74) is 6.16. The van der Waals surface area contributed by atoms with Gasteiger partial charge in [-0.25, -0.2) is 9.18 Å². The molecule has 0 radical (unpaired) electrons. The molecule has 4 nitrogen and oxygen atoms in total. The number of ether oxygens (including phenoxy) is 2. The van der Waals surface area contributed by atoms with Crippen LogP contribution in [-0.2, 0) is 9.53 Å². The molecule has 102 valence electrons. The van der Waals surface area contributed by atoms with E-state index in [4.69, 9.17) is 10.5 Å². The number of carbonyl (C=O) groups is 1. The molecule has 1 aromatic rings. The van der Waals surface area contributed by atoms with Crippen molar-refractivity contribution in [2.45, 2.75) is 19.1 Å². The summed E-state index contributed by atoms with van der Waals surface area (Å²) in [6, 6.07) is 5.53. The lowest BCUT2D eigenvalue weighted by atomic mass is 10.0. The molecule has 0 heterocycles. The van der Waals surface area contributed by atoms with Crippen molar-refractivity contribution in [3.8, 4) is 5.75 Å². The molecule has 1 unspecified atom stereocenters. The second-order valence-electron chi connectivity index (χ2n) is 3.45. The smallest absolute Gasteiger partial charge is 0.342 e. The fraction of sp³-hybridized carbons (Fsp3) is 0.417. The van der Waals surface area contributed by atoms with Crippen molar-refractivity contribution in [3.63, 3.8) is 0 Å². The molecule has 1 aromatic carbocycles. The normalized spacial score (nSPS) is 13.1. The summed E-state index contributed by atoms with van der Waals surface area (Å²) >= 11 is 0. The number of nitrogens with two attached hydrogens (primary N) is 1. The molecular formula is C12H17ClFNO3. The van der Waals surface area contributed by atoms with Crippen molar-refractivity contribution in [1.82, 2.24) is 0 Å². The van der Waals surface area contributed by atoms with Crippen LogP contribution in [0.15, 0.2) is 24.3 Å². The summed E-state index contributed by atoms with van der Waals surface area (Å²) in [5.74, 6) is -0.289. The van der Waals surface area contributed by atoms with E-state index >= 15 is 0 Å². The number of halogens is 2. The van der Waals surface area contributed by atoms with Gasteiger partial charge in [0.2, 0.25) is 6.17 Å². The number of carbonyl (C=O) groups excluding carboxylic acids is 1. The van der Waals surface area contributed by atoms with E-state index in [0.29, 0.717) is 11.3 Å². The Morgan fingerprint density at radius 1 is 1.39 bits per heavy atom. The number of hydrogen-bond acceptors (Lipinski definition) is 4. The molecule has 6 heteroatoms. The van der Waals surface area contributed by atoms with Gasteiger partial charge >= 0.3 is 5.97 Å². The number of esters is 1. The molecule has 0 bridgehead atoms. The Balaban J connectivity index is 0.00000289. The minimum Gasteiger partial charge on any atom is -0.497 e. The zero-order valence-electron chi connectivity index (χ0n) is 10.3. The number of methoxy groups -OCH3 is 1. The van der Waals surface area contributed by atoms with Gasteiger partial charge in [-0.3, -0.25) is 0 Å². The molecule has 2 atom stereocenters. The van der Waals surface area contributed by atoms with E-state index in [0.717, 1.165) is 0 Å². The quantitative estimate of drug-likeness (QED) is 0.837. The lowest BCUT2D eigenvalue weighted by Crippen LogP contribution is -2.31. The zero-order chi connectivity index (χ0) is 12.8. The molecule has 2 N–H and O–H groups in total. The van der Waals surface area contributed by atoms with Gasteiger partial charge in [-0.05, 0) is 24.6 Å². The van der Waals surface area contributed by atoms with Crippen LogP contribution in [0.2, 0.25) is 0 Å². The van der Waals surface area contributed by atoms with Crippen molar-refractivity contribution in [2.24, 2.45) is 5.73 Å². The van der Waals surface area contributed by atoms with Gasteiger partial charge in [0, 0.05) is 0 Å². The predicted octanol–water partition coefficient (Wildman–Crippen LogP) is 2.02. The first-order valence-corrected chi connectivity index (χ1v) is 5.30. The highest BCUT2D eigenvalue weighted by molar-refractivity contribution is 5.85. The van der Waals surface area contributed by atoms with Crippen LogP contribution in [-0.4, -0.2) is 25.9 Å². The van der Waals surface area contributed by atoms with Crippen molar-refractivity contribution < 1.29 is 18.7 Å². The third-order valence-electron chi connectivity index (χ3n) is 2.33. The van der Waals surface area contributed by atoms with Gasteiger partial charge in [0.1, 0.15) is 5.75 Å². The standard InChI is InChI=1S/C12H16FNO3.ClH/c1-3-17-12(15)10(13)11(14)8-4-6-9(16-2)7-5-8;/h4-7,10-11H,3,14H2,1-2H3;1H/t10?,11-;/m0./s1. The van der Waals surface area contributed by atoms with E-state index in [1.165, 1.54) is 7.11 Å². The maximum absolute atomic E-state index is 13.6. The molecule has 0 amide bonds. The Hall–Kier alpha value is -1.33. The molecule has 0 aliphatic heterocycles. The summed E-state index contributed by atoms with van der Waals surface area (Å²) in [6.45, 7) is 1.75. The van der Waals surface area contributed by atoms with Crippen LogP contribution in [0.1, 0.15) is 18.5 Å². The van der Waals surface area contributed by atoms with Crippen molar-refractivity contribution >= 4 is 18.4 Å². The summed E-state index contributed by atoms with van der Waals surface area (Å²) < 4.78 is 23.2. The monoisotopic (exact) mass is 277 g/mol. The molecule has 0 fully saturated rings. The fourth-order valence-corrected chi connectivity index (χ4v) is 1.36. The van der Waals surface area contributed by atoms with Crippen LogP contribution < -0.4 is 10.5 Å². The van der Waals surface area contributed by atoms with Gasteiger partial charge < -0.3 is 15.2 Å². The number of alkyl halides is 1. The van der Waals surface area contributed by atoms with Crippen LogP contribution in [0.25, 0.3) is 0 Å². The maximum Gasteiger partial charge on any atom is 0.342 e. The molecule has 0 spiro atoms. The largest absolute Gasteiger partial charge is 0.497 e. The first-order valence-electron chi connectivity index (χ1n) is 5.30. The number of hydrogen-bond donors (Lipinski definition) is 1. The molecule has 0 saturated heterocycles. The third-order valence-corrected chi connectivity index (χ3v) is 2.33. The van der Waals surface area contributed by atoms with Crippen molar-refractivity contribution in [2.75, 3.05) is 13.7 Å². The Kier molecular flexibility index (Phi) is 7.31. The lowest BCUT2D eigenvalue weighted by molar-refractivity contribution is -0.149. The van der Waals surface area contributed by atoms with Crippen LogP contribution in [0.3, 0.4) is 0 Å². The molecule has 0 aliphatic rings. The molecule has 0 aromatic heterocycles. The minimum atomic E-state index is -1.86.